The number of hydrogen-bond acceptors (Lipinski definition) is 5. The lowest BCUT2D eigenvalue weighted by Crippen LogP contribution is -2.38. The van der Waals surface area contributed by atoms with Crippen LogP contribution in [0.3, 0.4) is 0 Å². The summed E-state index contributed by atoms with van der Waals surface area (Å²) in [5.41, 5.74) is 2.07. The maximum Gasteiger partial charge on any atom is 0.329 e. The molecule has 0 radical (unpaired) electrons. The molecule has 8 heteroatoms. The van der Waals surface area contributed by atoms with Crippen LogP contribution < -0.4 is 10.6 Å². The lowest BCUT2D eigenvalue weighted by molar-refractivity contribution is -0.127. The van der Waals surface area contributed by atoms with E-state index in [-0.39, 0.29) is 12.2 Å². The van der Waals surface area contributed by atoms with E-state index < -0.39 is 17.8 Å². The molecule has 0 bridgehead atoms. The predicted molar refractivity (Wildman–Crippen MR) is 115 cm³/mol. The van der Waals surface area contributed by atoms with Crippen LogP contribution >= 0.6 is 11.3 Å². The molecule has 0 atom stereocenters. The largest absolute Gasteiger partial charge is 0.329 e. The average molecular weight is 418 g/mol. The Morgan fingerprint density at radius 1 is 1.07 bits per heavy atom. The fourth-order valence-electron chi connectivity index (χ4n) is 2.98. The Kier molecular flexibility index (Phi) is 5.67. The number of aromatic nitrogens is 1. The molecule has 7 nitrogen and oxygen atoms in total. The maximum atomic E-state index is 12.5. The number of carbonyl (C=O) groups is 3. The number of rotatable bonds is 6. The highest BCUT2D eigenvalue weighted by Crippen LogP contribution is 2.21. The number of hydrogen-bond donors (Lipinski definition) is 2. The van der Waals surface area contributed by atoms with Gasteiger partial charge in [0.15, 0.2) is 5.13 Å². The number of benzene rings is 2. The van der Waals surface area contributed by atoms with Crippen molar-refractivity contribution in [1.82, 2.24) is 15.2 Å². The first-order valence-electron chi connectivity index (χ1n) is 9.26. The van der Waals surface area contributed by atoms with Gasteiger partial charge in [-0.05, 0) is 17.2 Å². The molecule has 1 saturated heterocycles. The normalized spacial score (nSPS) is 14.8. The van der Waals surface area contributed by atoms with Crippen LogP contribution in [0.1, 0.15) is 16.0 Å². The number of urea groups is 1. The van der Waals surface area contributed by atoms with E-state index in [9.17, 15) is 14.4 Å². The van der Waals surface area contributed by atoms with E-state index in [1.807, 2.05) is 60.7 Å². The molecule has 4 rings (SSSR count). The molecule has 0 spiro atoms. The number of anilines is 1. The minimum absolute atomic E-state index is 0.137. The molecule has 150 valence electrons. The second-order valence-electron chi connectivity index (χ2n) is 6.63. The van der Waals surface area contributed by atoms with Gasteiger partial charge >= 0.3 is 6.03 Å². The van der Waals surface area contributed by atoms with Gasteiger partial charge in [-0.2, -0.15) is 0 Å². The van der Waals surface area contributed by atoms with Crippen LogP contribution in [0.4, 0.5) is 9.93 Å². The fourth-order valence-corrected chi connectivity index (χ4v) is 3.84. The Hall–Kier alpha value is -3.78. The second kappa shape index (κ2) is 8.71. The molecule has 1 aromatic heterocycles. The number of nitrogens with one attached hydrogen (secondary N) is 2. The molecular formula is C22H18N4O3S. The third-order valence-corrected chi connectivity index (χ3v) is 5.31. The summed E-state index contributed by atoms with van der Waals surface area (Å²) in [5, 5.41) is 5.59. The number of imide groups is 1. The van der Waals surface area contributed by atoms with Gasteiger partial charge in [0.25, 0.3) is 5.91 Å². The highest BCUT2D eigenvalue weighted by atomic mass is 32.1. The third-order valence-electron chi connectivity index (χ3n) is 4.40. The van der Waals surface area contributed by atoms with Crippen LogP contribution in [0.5, 0.6) is 0 Å². The standard InChI is InChI=1S/C22H18N4O3S/c27-19(25-21-23-13-17(30-21)11-15-7-3-1-4-8-15)14-26-20(28)18(24-22(26)29)12-16-9-5-2-6-10-16/h1-10,12-13H,11,14H2,(H,24,29)(H,23,25,27)/b18-12-. The van der Waals surface area contributed by atoms with Crippen molar-refractivity contribution in [3.8, 4) is 0 Å². The molecule has 2 N–H and O–H groups in total. The molecule has 2 heterocycles. The summed E-state index contributed by atoms with van der Waals surface area (Å²) in [5.74, 6) is -1.03. The van der Waals surface area contributed by atoms with E-state index in [1.54, 1.807) is 12.3 Å². The predicted octanol–water partition coefficient (Wildman–Crippen LogP) is 3.27. The molecule has 0 aliphatic carbocycles. The quantitative estimate of drug-likeness (QED) is 0.475. The maximum absolute atomic E-state index is 12.5. The first kappa shape index (κ1) is 19.5. The Balaban J connectivity index is 1.37. The van der Waals surface area contributed by atoms with Crippen molar-refractivity contribution in [2.24, 2.45) is 0 Å². The minimum Gasteiger partial charge on any atom is -0.303 e. The lowest BCUT2D eigenvalue weighted by Gasteiger charge is -2.10. The second-order valence-corrected chi connectivity index (χ2v) is 7.75. The van der Waals surface area contributed by atoms with Crippen LogP contribution in [0.25, 0.3) is 6.08 Å². The van der Waals surface area contributed by atoms with Crippen molar-refractivity contribution < 1.29 is 14.4 Å². The highest BCUT2D eigenvalue weighted by molar-refractivity contribution is 7.15. The fraction of sp³-hybridized carbons (Fsp3) is 0.0909. The van der Waals surface area contributed by atoms with E-state index >= 15 is 0 Å². The molecule has 1 fully saturated rings. The molecule has 2 aromatic carbocycles. The van der Waals surface area contributed by atoms with Gasteiger partial charge < -0.3 is 10.6 Å². The summed E-state index contributed by atoms with van der Waals surface area (Å²) in [6, 6.07) is 18.5. The number of carbonyl (C=O) groups excluding carboxylic acids is 3. The van der Waals surface area contributed by atoms with Crippen molar-refractivity contribution >= 4 is 40.4 Å². The number of nitrogens with zero attached hydrogens (tertiary/aromatic N) is 2. The highest BCUT2D eigenvalue weighted by Gasteiger charge is 2.35. The zero-order valence-corrected chi connectivity index (χ0v) is 16.7. The monoisotopic (exact) mass is 418 g/mol. The van der Waals surface area contributed by atoms with Gasteiger partial charge in [-0.15, -0.1) is 11.3 Å². The van der Waals surface area contributed by atoms with Gasteiger partial charge in [-0.1, -0.05) is 60.7 Å². The van der Waals surface area contributed by atoms with Crippen molar-refractivity contribution in [2.75, 3.05) is 11.9 Å². The van der Waals surface area contributed by atoms with Gasteiger partial charge in [-0.3, -0.25) is 9.59 Å². The summed E-state index contributed by atoms with van der Waals surface area (Å²) >= 11 is 1.36. The van der Waals surface area contributed by atoms with Crippen LogP contribution in [0.15, 0.2) is 72.6 Å². The van der Waals surface area contributed by atoms with Crippen molar-refractivity contribution in [2.45, 2.75) is 6.42 Å². The Morgan fingerprint density at radius 2 is 1.77 bits per heavy atom. The van der Waals surface area contributed by atoms with E-state index in [0.29, 0.717) is 5.13 Å². The first-order chi connectivity index (χ1) is 14.6. The van der Waals surface area contributed by atoms with Gasteiger partial charge in [0.05, 0.1) is 0 Å². The van der Waals surface area contributed by atoms with Crippen molar-refractivity contribution in [3.63, 3.8) is 0 Å². The smallest absolute Gasteiger partial charge is 0.303 e. The van der Waals surface area contributed by atoms with Gasteiger partial charge in [0.1, 0.15) is 12.2 Å². The average Bonchev–Trinajstić information content (AvgIpc) is 3.28. The van der Waals surface area contributed by atoms with Gasteiger partial charge in [-0.25, -0.2) is 14.7 Å². The van der Waals surface area contributed by atoms with E-state index in [4.69, 9.17) is 0 Å². The Labute approximate surface area is 177 Å². The van der Waals surface area contributed by atoms with E-state index in [1.165, 1.54) is 11.3 Å². The van der Waals surface area contributed by atoms with Gasteiger partial charge in [0, 0.05) is 17.5 Å². The Morgan fingerprint density at radius 3 is 2.50 bits per heavy atom. The summed E-state index contributed by atoms with van der Waals surface area (Å²) < 4.78 is 0. The topological polar surface area (TPSA) is 91.4 Å². The molecular weight excluding hydrogens is 400 g/mol. The van der Waals surface area contributed by atoms with Crippen LogP contribution in [0, 0.1) is 0 Å². The minimum atomic E-state index is -0.624. The third kappa shape index (κ3) is 4.61. The van der Waals surface area contributed by atoms with Crippen molar-refractivity contribution in [3.05, 3.63) is 88.6 Å². The number of thiazole rings is 1. The van der Waals surface area contributed by atoms with E-state index in [2.05, 4.69) is 15.6 Å². The Bertz CT molecular complexity index is 1110. The molecule has 30 heavy (non-hydrogen) atoms. The number of amides is 4. The van der Waals surface area contributed by atoms with Gasteiger partial charge in [0.2, 0.25) is 5.91 Å². The zero-order valence-electron chi connectivity index (χ0n) is 15.9. The van der Waals surface area contributed by atoms with E-state index in [0.717, 1.165) is 27.3 Å². The van der Waals surface area contributed by atoms with Crippen molar-refractivity contribution in [1.29, 1.82) is 0 Å². The summed E-state index contributed by atoms with van der Waals surface area (Å²) in [4.78, 5) is 43.1. The van der Waals surface area contributed by atoms with Crippen LogP contribution in [-0.2, 0) is 16.0 Å². The van der Waals surface area contributed by atoms with Crippen LogP contribution in [0.2, 0.25) is 0 Å². The molecule has 0 unspecified atom stereocenters. The zero-order chi connectivity index (χ0) is 20.9. The molecule has 1 aliphatic rings. The molecule has 4 amide bonds. The summed E-state index contributed by atoms with van der Waals surface area (Å²) in [7, 11) is 0. The summed E-state index contributed by atoms with van der Waals surface area (Å²) in [6.07, 6.45) is 4.01. The molecule has 1 aliphatic heterocycles. The van der Waals surface area contributed by atoms with Crippen LogP contribution in [-0.4, -0.2) is 34.3 Å². The SMILES string of the molecule is O=C(CN1C(=O)N/C(=C\c2ccccc2)C1=O)Nc1ncc(Cc2ccccc2)s1. The lowest BCUT2D eigenvalue weighted by atomic mass is 10.1. The molecule has 3 aromatic rings. The first-order valence-corrected chi connectivity index (χ1v) is 10.1. The molecule has 0 saturated carbocycles. The summed E-state index contributed by atoms with van der Waals surface area (Å²) in [6.45, 7) is -0.385.